The van der Waals surface area contributed by atoms with Gasteiger partial charge in [0.25, 0.3) is 0 Å². The maximum absolute atomic E-state index is 11.3. The van der Waals surface area contributed by atoms with Gasteiger partial charge < -0.3 is 34.1 Å². The third-order valence-corrected chi connectivity index (χ3v) is 15.3. The van der Waals surface area contributed by atoms with Gasteiger partial charge in [-0.1, -0.05) is 90.7 Å². The molecule has 2 N–H and O–H groups in total. The first-order chi connectivity index (χ1) is 33.4. The lowest BCUT2D eigenvalue weighted by molar-refractivity contribution is -0.108. The van der Waals surface area contributed by atoms with Crippen LogP contribution in [0.2, 0.25) is 0 Å². The molecule has 0 saturated carbocycles. The Morgan fingerprint density at radius 3 is 2.56 bits per heavy atom. The first-order valence-corrected chi connectivity index (χ1v) is 26.5. The van der Waals surface area contributed by atoms with Crippen LogP contribution in [0.3, 0.4) is 0 Å². The maximum Gasteiger partial charge on any atom is 0.211 e. The van der Waals surface area contributed by atoms with Crippen molar-refractivity contribution in [3.05, 3.63) is 128 Å². The molecule has 7 rings (SSSR count). The highest BCUT2D eigenvalue weighted by Crippen LogP contribution is 2.45. The number of benzene rings is 2. The second kappa shape index (κ2) is 27.5. The van der Waals surface area contributed by atoms with Crippen molar-refractivity contribution in [2.45, 2.75) is 90.0 Å². The van der Waals surface area contributed by atoms with Crippen molar-refractivity contribution < 1.29 is 23.7 Å². The minimum absolute atomic E-state index is 0.00927. The highest BCUT2D eigenvalue weighted by Gasteiger charge is 2.23. The summed E-state index contributed by atoms with van der Waals surface area (Å²) < 4.78 is 26.0. The first-order valence-electron chi connectivity index (χ1n) is 24.7. The molecule has 0 spiro atoms. The Hall–Kier alpha value is -4.63. The molecule has 364 valence electrons. The molecule has 13 heteroatoms. The molecule has 1 aromatic heterocycles. The predicted molar refractivity (Wildman–Crippen MR) is 283 cm³/mol. The zero-order valence-corrected chi connectivity index (χ0v) is 42.1. The Bertz CT molecular complexity index is 2340. The number of nitrogens with zero attached hydrogens (tertiary/aromatic N) is 4. The van der Waals surface area contributed by atoms with E-state index in [1.165, 1.54) is 54.2 Å². The van der Waals surface area contributed by atoms with Crippen LogP contribution in [0.5, 0.6) is 5.75 Å². The predicted octanol–water partition coefficient (Wildman–Crippen LogP) is 12.1. The van der Waals surface area contributed by atoms with Crippen LogP contribution in [0.25, 0.3) is 28.6 Å². The van der Waals surface area contributed by atoms with E-state index in [1.54, 1.807) is 0 Å². The highest BCUT2D eigenvalue weighted by molar-refractivity contribution is 8.07. The number of aromatic nitrogens is 1. The Balaban J connectivity index is 0.675. The average Bonchev–Trinajstić information content (AvgIpc) is 4.13. The summed E-state index contributed by atoms with van der Waals surface area (Å²) in [4.78, 5) is 13.8. The fourth-order valence-corrected chi connectivity index (χ4v) is 11.1. The third kappa shape index (κ3) is 14.7. The van der Waals surface area contributed by atoms with Gasteiger partial charge in [-0.25, -0.2) is 0 Å². The number of fused-ring (bicyclic) bond motifs is 1. The van der Waals surface area contributed by atoms with Crippen molar-refractivity contribution >= 4 is 58.6 Å². The number of nitrogens with one attached hydrogen (secondary N) is 2. The molecule has 3 unspecified atom stereocenters. The van der Waals surface area contributed by atoms with E-state index in [1.807, 2.05) is 52.8 Å². The molecular formula is C55H72N6O5S2. The summed E-state index contributed by atoms with van der Waals surface area (Å²) >= 11 is 3.73. The Kier molecular flexibility index (Phi) is 20.7. The van der Waals surface area contributed by atoms with E-state index >= 15 is 0 Å². The lowest BCUT2D eigenvalue weighted by Gasteiger charge is -2.25. The van der Waals surface area contributed by atoms with Crippen LogP contribution < -0.4 is 15.4 Å². The molecule has 3 atom stereocenters. The smallest absolute Gasteiger partial charge is 0.211 e. The molecule has 3 aromatic rings. The molecule has 4 aliphatic rings. The molecule has 68 heavy (non-hydrogen) atoms. The fraction of sp³-hybridized carbons (Fsp3) is 0.473. The number of allylic oxidation sites excluding steroid dienone is 8. The summed E-state index contributed by atoms with van der Waals surface area (Å²) in [5.74, 6) is 1.18. The zero-order valence-electron chi connectivity index (χ0n) is 40.5. The van der Waals surface area contributed by atoms with Gasteiger partial charge in [-0.2, -0.15) is 5.11 Å². The number of hydrogen-bond acceptors (Lipinski definition) is 11. The van der Waals surface area contributed by atoms with Crippen molar-refractivity contribution in [1.29, 1.82) is 0 Å². The largest absolute Gasteiger partial charge is 0.491 e. The maximum atomic E-state index is 11.3. The molecule has 0 saturated heterocycles. The fourth-order valence-electron chi connectivity index (χ4n) is 8.89. The van der Waals surface area contributed by atoms with Crippen LogP contribution in [-0.4, -0.2) is 94.5 Å². The third-order valence-electron chi connectivity index (χ3n) is 12.6. The molecule has 1 amide bonds. The van der Waals surface area contributed by atoms with Crippen LogP contribution in [-0.2, 0) is 25.5 Å². The average molecular weight is 961 g/mol. The van der Waals surface area contributed by atoms with Crippen LogP contribution in [0.15, 0.2) is 116 Å². The summed E-state index contributed by atoms with van der Waals surface area (Å²) in [7, 11) is 0. The van der Waals surface area contributed by atoms with E-state index in [0.717, 1.165) is 109 Å². The number of amides is 1. The molecule has 0 radical (unpaired) electrons. The molecule has 0 bridgehead atoms. The van der Waals surface area contributed by atoms with Crippen molar-refractivity contribution in [1.82, 2.24) is 20.2 Å². The van der Waals surface area contributed by atoms with Gasteiger partial charge in [0.15, 0.2) is 0 Å². The number of unbranched alkanes of at least 4 members (excludes halogenated alkanes) is 2. The number of ether oxygens (including phenoxy) is 4. The van der Waals surface area contributed by atoms with Crippen LogP contribution in [0.1, 0.15) is 99.8 Å². The summed E-state index contributed by atoms with van der Waals surface area (Å²) in [5.41, 5.74) is 9.84. The van der Waals surface area contributed by atoms with Gasteiger partial charge in [0.2, 0.25) is 6.41 Å². The second-order valence-electron chi connectivity index (χ2n) is 17.7. The van der Waals surface area contributed by atoms with E-state index in [0.29, 0.717) is 50.7 Å². The quantitative estimate of drug-likeness (QED) is 0.0498. The number of hydrogen-bond donors (Lipinski definition) is 2. The monoisotopic (exact) mass is 961 g/mol. The summed E-state index contributed by atoms with van der Waals surface area (Å²) in [6.45, 7) is 19.4. The highest BCUT2D eigenvalue weighted by atomic mass is 32.2. The minimum Gasteiger partial charge on any atom is -0.491 e. The Morgan fingerprint density at radius 2 is 1.78 bits per heavy atom. The van der Waals surface area contributed by atoms with Crippen molar-refractivity contribution in [3.63, 3.8) is 0 Å². The zero-order chi connectivity index (χ0) is 47.3. The van der Waals surface area contributed by atoms with Gasteiger partial charge in [0.1, 0.15) is 18.4 Å². The molecule has 2 aliphatic heterocycles. The molecular weight excluding hydrogens is 889 g/mol. The molecule has 3 heterocycles. The van der Waals surface area contributed by atoms with Crippen LogP contribution in [0, 0.1) is 5.92 Å². The van der Waals surface area contributed by atoms with Gasteiger partial charge in [-0.05, 0) is 135 Å². The SMILES string of the molecule is C=Cc1c(/C=C\CCNCCOCCOCCCCCOCCN2CC(COc3ccc(C4=C(SC5=C(NC=O)C=CCC5C)CCC(C)=C4)cc3)N=N2)n(CC)c2cc(C3CC=CS3)ccc12. The van der Waals surface area contributed by atoms with Gasteiger partial charge in [-0.3, -0.25) is 9.80 Å². The van der Waals surface area contributed by atoms with Crippen molar-refractivity contribution in [2.24, 2.45) is 16.3 Å². The van der Waals surface area contributed by atoms with Gasteiger partial charge in [0, 0.05) is 58.6 Å². The normalized spacial score (nSPS) is 19.3. The second-order valence-corrected chi connectivity index (χ2v) is 20.0. The van der Waals surface area contributed by atoms with E-state index < -0.39 is 0 Å². The van der Waals surface area contributed by atoms with Crippen LogP contribution >= 0.6 is 23.5 Å². The topological polar surface area (TPSA) is 111 Å². The lowest BCUT2D eigenvalue weighted by atomic mass is 9.95. The molecule has 2 aromatic carbocycles. The Morgan fingerprint density at radius 1 is 0.956 bits per heavy atom. The van der Waals surface area contributed by atoms with Gasteiger partial charge in [0.05, 0.1) is 45.2 Å². The summed E-state index contributed by atoms with van der Waals surface area (Å²) in [6, 6.07) is 15.3. The molecule has 0 fully saturated rings. The Labute approximate surface area is 413 Å². The molecule has 11 nitrogen and oxygen atoms in total. The minimum atomic E-state index is -0.00927. The van der Waals surface area contributed by atoms with Gasteiger partial charge in [-0.15, -0.1) is 11.8 Å². The number of aryl methyl sites for hydroxylation is 1. The van der Waals surface area contributed by atoms with Gasteiger partial charge >= 0.3 is 0 Å². The van der Waals surface area contributed by atoms with E-state index in [-0.39, 0.29) is 6.04 Å². The van der Waals surface area contributed by atoms with E-state index in [9.17, 15) is 4.79 Å². The van der Waals surface area contributed by atoms with Crippen LogP contribution in [0.4, 0.5) is 0 Å². The first kappa shape index (κ1) is 51.2. The summed E-state index contributed by atoms with van der Waals surface area (Å²) in [6.07, 6.45) is 24.2. The molecule has 2 aliphatic carbocycles. The number of carbonyl (C=O) groups is 1. The number of thioether (sulfide) groups is 2. The standard InChI is InChI=1S/C55H72N6O5S2/c1-5-47-48-24-21-44(53-17-13-35-67-53)37-52(48)61(6-2)51(47)16-8-9-26-56-27-31-65-34-33-64-30-11-7-10-29-63-32-28-60-38-45(58-59-60)39-66-46-22-19-43(20-23-46)49-36-41(3)18-25-54(49)68-55-42(4)14-12-15-50(55)57-40-62/h5,8,12-13,15-16,19-24,35-37,40,42,45,53,56H,1,6-7,9-11,14,17-18,25-34,38-39H2,2-4H3,(H,57,62)/b16-8-. The van der Waals surface area contributed by atoms with E-state index in [4.69, 9.17) is 18.9 Å². The van der Waals surface area contributed by atoms with E-state index in [2.05, 4.69) is 119 Å². The number of carbonyl (C=O) groups excluding carboxylic acids is 1. The lowest BCUT2D eigenvalue weighted by Crippen LogP contribution is -2.28. The summed E-state index contributed by atoms with van der Waals surface area (Å²) in [5, 5.41) is 21.2. The van der Waals surface area contributed by atoms with Crippen molar-refractivity contribution in [3.8, 4) is 5.75 Å². The van der Waals surface area contributed by atoms with Crippen molar-refractivity contribution in [2.75, 3.05) is 72.4 Å². The number of rotatable bonds is 30.